The molecule has 2 aromatic rings. The summed E-state index contributed by atoms with van der Waals surface area (Å²) in [6.45, 7) is -0.364. The molecule has 1 N–H and O–H groups in total. The van der Waals surface area contributed by atoms with Gasteiger partial charge in [-0.05, 0) is 24.3 Å². The highest BCUT2D eigenvalue weighted by Gasteiger charge is 2.27. The van der Waals surface area contributed by atoms with E-state index in [4.69, 9.17) is 10.00 Å². The summed E-state index contributed by atoms with van der Waals surface area (Å²) < 4.78 is 42.4. The Labute approximate surface area is 146 Å². The summed E-state index contributed by atoms with van der Waals surface area (Å²) in [6, 6.07) is 14.6. The number of nitriles is 1. The second-order valence-corrected chi connectivity index (χ2v) is 5.86. The van der Waals surface area contributed by atoms with Crippen LogP contribution in [0.15, 0.2) is 53.4 Å². The van der Waals surface area contributed by atoms with Crippen LogP contribution in [0, 0.1) is 11.3 Å². The minimum absolute atomic E-state index is 0.264. The zero-order valence-electron chi connectivity index (χ0n) is 12.8. The van der Waals surface area contributed by atoms with Crippen LogP contribution >= 0.6 is 11.8 Å². The highest BCUT2D eigenvalue weighted by molar-refractivity contribution is 7.99. The fourth-order valence-electron chi connectivity index (χ4n) is 1.87. The lowest BCUT2D eigenvalue weighted by Crippen LogP contribution is -2.21. The van der Waals surface area contributed by atoms with E-state index in [1.807, 2.05) is 6.07 Å². The summed E-state index contributed by atoms with van der Waals surface area (Å²) >= 11 is 0.593. The second-order valence-electron chi connectivity index (χ2n) is 4.84. The molecule has 0 spiro atoms. The van der Waals surface area contributed by atoms with Gasteiger partial charge < -0.3 is 10.1 Å². The van der Waals surface area contributed by atoms with E-state index in [1.54, 1.807) is 36.4 Å². The predicted molar refractivity (Wildman–Crippen MR) is 88.5 cm³/mol. The van der Waals surface area contributed by atoms with E-state index >= 15 is 0 Å². The smallest absolute Gasteiger partial charge is 0.398 e. The van der Waals surface area contributed by atoms with Gasteiger partial charge in [-0.15, -0.1) is 11.8 Å². The lowest BCUT2D eigenvalue weighted by Gasteiger charge is -2.12. The number of nitrogens with one attached hydrogen (secondary N) is 1. The van der Waals surface area contributed by atoms with Crippen LogP contribution in [0.1, 0.15) is 5.56 Å². The molecule has 0 atom stereocenters. The zero-order chi connectivity index (χ0) is 18.3. The van der Waals surface area contributed by atoms with Gasteiger partial charge in [0, 0.05) is 4.90 Å². The van der Waals surface area contributed by atoms with Crippen LogP contribution < -0.4 is 10.1 Å². The highest BCUT2D eigenvalue weighted by Crippen LogP contribution is 2.32. The molecule has 0 bridgehead atoms. The maximum atomic E-state index is 12.4. The Morgan fingerprint density at radius 2 is 1.84 bits per heavy atom. The van der Waals surface area contributed by atoms with Crippen LogP contribution in [0.4, 0.5) is 18.9 Å². The molecular formula is C17H13F3N2O2S. The van der Waals surface area contributed by atoms with Crippen molar-refractivity contribution in [3.8, 4) is 11.8 Å². The first-order valence-electron chi connectivity index (χ1n) is 7.09. The molecule has 0 radical (unpaired) electrons. The molecule has 2 aromatic carbocycles. The van der Waals surface area contributed by atoms with Gasteiger partial charge in [0.2, 0.25) is 0 Å². The molecule has 0 heterocycles. The van der Waals surface area contributed by atoms with Gasteiger partial charge in [0.25, 0.3) is 5.91 Å². The van der Waals surface area contributed by atoms with Crippen LogP contribution in [0.25, 0.3) is 0 Å². The molecule has 0 aliphatic carbocycles. The van der Waals surface area contributed by atoms with Crippen LogP contribution in [0.3, 0.4) is 0 Å². The molecule has 2 rings (SSSR count). The van der Waals surface area contributed by atoms with Crippen LogP contribution in [0.2, 0.25) is 0 Å². The minimum Gasteiger partial charge on any atom is -0.482 e. The summed E-state index contributed by atoms with van der Waals surface area (Å²) in [5, 5.41) is 11.5. The van der Waals surface area contributed by atoms with E-state index in [0.717, 1.165) is 0 Å². The lowest BCUT2D eigenvalue weighted by atomic mass is 10.2. The fraction of sp³-hybridized carbons (Fsp3) is 0.176. The number of halogens is 3. The van der Waals surface area contributed by atoms with E-state index in [-0.39, 0.29) is 23.6 Å². The standard InChI is InChI=1S/C17H13F3N2O2S/c18-17(19,20)11-25-15-8-4-2-6-13(15)22-16(23)10-24-14-7-3-1-5-12(14)9-21/h1-8H,10-11H2,(H,22,23). The fourth-order valence-corrected chi connectivity index (χ4v) is 2.64. The summed E-state index contributed by atoms with van der Waals surface area (Å²) in [6.07, 6.45) is -4.30. The molecule has 0 aliphatic rings. The predicted octanol–water partition coefficient (Wildman–Crippen LogP) is 4.23. The average Bonchev–Trinajstić information content (AvgIpc) is 2.58. The van der Waals surface area contributed by atoms with Crippen molar-refractivity contribution in [2.45, 2.75) is 11.1 Å². The zero-order valence-corrected chi connectivity index (χ0v) is 13.7. The second kappa shape index (κ2) is 8.44. The molecule has 0 unspecified atom stereocenters. The third kappa shape index (κ3) is 6.04. The Morgan fingerprint density at radius 1 is 1.16 bits per heavy atom. The quantitative estimate of drug-likeness (QED) is 0.777. The van der Waals surface area contributed by atoms with Crippen molar-refractivity contribution in [3.63, 3.8) is 0 Å². The van der Waals surface area contributed by atoms with Gasteiger partial charge in [-0.1, -0.05) is 24.3 Å². The molecule has 0 aromatic heterocycles. The van der Waals surface area contributed by atoms with E-state index in [2.05, 4.69) is 5.32 Å². The number of rotatable bonds is 6. The summed E-state index contributed by atoms with van der Waals surface area (Å²) in [7, 11) is 0. The number of anilines is 1. The van der Waals surface area contributed by atoms with Crippen LogP contribution in [-0.2, 0) is 4.79 Å². The van der Waals surface area contributed by atoms with E-state index in [9.17, 15) is 18.0 Å². The third-order valence-electron chi connectivity index (χ3n) is 2.92. The molecule has 0 fully saturated rings. The maximum absolute atomic E-state index is 12.4. The van der Waals surface area contributed by atoms with Gasteiger partial charge in [-0.2, -0.15) is 18.4 Å². The van der Waals surface area contributed by atoms with Crippen molar-refractivity contribution >= 4 is 23.4 Å². The molecular weight excluding hydrogens is 353 g/mol. The number of carbonyl (C=O) groups is 1. The first kappa shape index (κ1) is 18.7. The largest absolute Gasteiger partial charge is 0.482 e. The number of alkyl halides is 3. The highest BCUT2D eigenvalue weighted by atomic mass is 32.2. The summed E-state index contributed by atoms with van der Waals surface area (Å²) in [4.78, 5) is 12.3. The van der Waals surface area contributed by atoms with E-state index < -0.39 is 17.8 Å². The average molecular weight is 366 g/mol. The van der Waals surface area contributed by atoms with Gasteiger partial charge in [-0.3, -0.25) is 4.79 Å². The van der Waals surface area contributed by atoms with Gasteiger partial charge in [0.15, 0.2) is 6.61 Å². The molecule has 0 saturated carbocycles. The number of nitrogens with zero attached hydrogens (tertiary/aromatic N) is 1. The number of ether oxygens (including phenoxy) is 1. The molecule has 25 heavy (non-hydrogen) atoms. The van der Waals surface area contributed by atoms with Crippen LogP contribution in [-0.4, -0.2) is 24.4 Å². The number of thioether (sulfide) groups is 1. The number of hydrogen-bond acceptors (Lipinski definition) is 4. The Hall–Kier alpha value is -2.66. The number of para-hydroxylation sites is 2. The molecule has 130 valence electrons. The minimum atomic E-state index is -4.30. The van der Waals surface area contributed by atoms with Crippen molar-refractivity contribution in [2.75, 3.05) is 17.7 Å². The van der Waals surface area contributed by atoms with Crippen molar-refractivity contribution < 1.29 is 22.7 Å². The van der Waals surface area contributed by atoms with Crippen LogP contribution in [0.5, 0.6) is 5.75 Å². The normalized spacial score (nSPS) is 10.8. The number of amides is 1. The molecule has 4 nitrogen and oxygen atoms in total. The van der Waals surface area contributed by atoms with Crippen molar-refractivity contribution in [2.24, 2.45) is 0 Å². The molecule has 1 amide bonds. The Morgan fingerprint density at radius 3 is 2.56 bits per heavy atom. The monoisotopic (exact) mass is 366 g/mol. The van der Waals surface area contributed by atoms with Gasteiger partial charge in [-0.25, -0.2) is 0 Å². The SMILES string of the molecule is N#Cc1ccccc1OCC(=O)Nc1ccccc1SCC(F)(F)F. The van der Waals surface area contributed by atoms with Crippen molar-refractivity contribution in [1.29, 1.82) is 5.26 Å². The molecule has 0 aliphatic heterocycles. The topological polar surface area (TPSA) is 62.1 Å². The van der Waals surface area contributed by atoms with Crippen molar-refractivity contribution in [1.82, 2.24) is 0 Å². The third-order valence-corrected chi connectivity index (χ3v) is 4.06. The molecule has 8 heteroatoms. The van der Waals surface area contributed by atoms with Gasteiger partial charge >= 0.3 is 6.18 Å². The number of hydrogen-bond donors (Lipinski definition) is 1. The first-order valence-corrected chi connectivity index (χ1v) is 8.08. The molecule has 0 saturated heterocycles. The van der Waals surface area contributed by atoms with Gasteiger partial charge in [0.05, 0.1) is 17.0 Å². The summed E-state index contributed by atoms with van der Waals surface area (Å²) in [5.74, 6) is -1.32. The van der Waals surface area contributed by atoms with Gasteiger partial charge in [0.1, 0.15) is 11.8 Å². The maximum Gasteiger partial charge on any atom is 0.398 e. The number of benzene rings is 2. The Kier molecular flexibility index (Phi) is 6.31. The first-order chi connectivity index (χ1) is 11.9. The Bertz CT molecular complexity index is 788. The van der Waals surface area contributed by atoms with Crippen molar-refractivity contribution in [3.05, 3.63) is 54.1 Å². The summed E-state index contributed by atoms with van der Waals surface area (Å²) in [5.41, 5.74) is 0.565. The Balaban J connectivity index is 1.98. The number of carbonyl (C=O) groups excluding carboxylic acids is 1. The van der Waals surface area contributed by atoms with E-state index in [0.29, 0.717) is 16.7 Å². The van der Waals surface area contributed by atoms with E-state index in [1.165, 1.54) is 12.1 Å². The lowest BCUT2D eigenvalue weighted by molar-refractivity contribution is -0.118.